The van der Waals surface area contributed by atoms with E-state index in [1.54, 1.807) is 7.11 Å². The smallest absolute Gasteiger partial charge is 0.239 e. The van der Waals surface area contributed by atoms with E-state index in [-0.39, 0.29) is 5.91 Å². The second-order valence-corrected chi connectivity index (χ2v) is 8.47. The van der Waals surface area contributed by atoms with Gasteiger partial charge in [0.15, 0.2) is 0 Å². The zero-order chi connectivity index (χ0) is 20.0. The number of hydrogen-bond donors (Lipinski definition) is 1. The Labute approximate surface area is 167 Å². The molecule has 1 aromatic rings. The van der Waals surface area contributed by atoms with Gasteiger partial charge in [-0.05, 0) is 58.4 Å². The Hall–Kier alpha value is -1.49. The number of thioether (sulfide) groups is 1. The van der Waals surface area contributed by atoms with Crippen LogP contribution in [0, 0.1) is 25.2 Å². The van der Waals surface area contributed by atoms with Gasteiger partial charge in [-0.1, -0.05) is 0 Å². The fourth-order valence-electron chi connectivity index (χ4n) is 3.84. The van der Waals surface area contributed by atoms with Gasteiger partial charge in [-0.2, -0.15) is 17.0 Å². The molecule has 1 fully saturated rings. The van der Waals surface area contributed by atoms with Gasteiger partial charge in [0.25, 0.3) is 0 Å². The Morgan fingerprint density at radius 3 is 2.78 bits per heavy atom. The lowest BCUT2D eigenvalue weighted by Crippen LogP contribution is -2.37. The Bertz CT molecular complexity index is 695. The number of carbonyl (C=O) groups is 1. The molecule has 27 heavy (non-hydrogen) atoms. The topological polar surface area (TPSA) is 70.3 Å². The minimum atomic E-state index is -0.0629. The molecular weight excluding hydrogens is 360 g/mol. The van der Waals surface area contributed by atoms with Gasteiger partial charge in [-0.25, -0.2) is 0 Å². The van der Waals surface area contributed by atoms with E-state index in [2.05, 4.69) is 22.5 Å². The van der Waals surface area contributed by atoms with Gasteiger partial charge in [-0.15, -0.1) is 0 Å². The monoisotopic (exact) mass is 392 g/mol. The van der Waals surface area contributed by atoms with Crippen molar-refractivity contribution in [2.24, 2.45) is 0 Å². The average molecular weight is 393 g/mol. The molecule has 7 heteroatoms. The van der Waals surface area contributed by atoms with Crippen molar-refractivity contribution in [3.8, 4) is 6.07 Å². The summed E-state index contributed by atoms with van der Waals surface area (Å²) in [6.45, 7) is 5.63. The van der Waals surface area contributed by atoms with Crippen LogP contribution in [-0.4, -0.2) is 60.2 Å². The molecule has 1 N–H and O–H groups in total. The van der Waals surface area contributed by atoms with Crippen molar-refractivity contribution in [3.05, 3.63) is 16.8 Å². The van der Waals surface area contributed by atoms with E-state index >= 15 is 0 Å². The van der Waals surface area contributed by atoms with Crippen LogP contribution in [0.4, 0.5) is 5.82 Å². The van der Waals surface area contributed by atoms with E-state index in [1.165, 1.54) is 6.42 Å². The Morgan fingerprint density at radius 1 is 1.44 bits per heavy atom. The third-order valence-corrected chi connectivity index (χ3v) is 6.73. The highest BCUT2D eigenvalue weighted by molar-refractivity contribution is 7.99. The maximum atomic E-state index is 12.7. The van der Waals surface area contributed by atoms with Gasteiger partial charge in [0.1, 0.15) is 11.9 Å². The number of nitriles is 1. The van der Waals surface area contributed by atoms with Gasteiger partial charge >= 0.3 is 0 Å². The van der Waals surface area contributed by atoms with E-state index in [9.17, 15) is 10.1 Å². The maximum Gasteiger partial charge on any atom is 0.239 e. The number of ether oxygens (including phenoxy) is 1. The fraction of sp³-hybridized carbons (Fsp3) is 0.700. The summed E-state index contributed by atoms with van der Waals surface area (Å²) in [5.41, 5.74) is 2.51. The maximum absolute atomic E-state index is 12.7. The lowest BCUT2D eigenvalue weighted by atomic mass is 10.2. The van der Waals surface area contributed by atoms with Crippen LogP contribution in [0.1, 0.15) is 42.5 Å². The molecule has 1 heterocycles. The SMILES string of the molecule is COCCCn1c(C)c(C)c(C#N)c1NC(=O)CN(C)[C@H]1CC[C@@H](SC)C1. The van der Waals surface area contributed by atoms with Gasteiger partial charge in [0, 0.05) is 37.2 Å². The van der Waals surface area contributed by atoms with Crippen LogP contribution in [0.3, 0.4) is 0 Å². The summed E-state index contributed by atoms with van der Waals surface area (Å²) < 4.78 is 7.17. The molecule has 1 aromatic heterocycles. The number of likely N-dealkylation sites (N-methyl/N-ethyl adjacent to an activating group) is 1. The number of hydrogen-bond acceptors (Lipinski definition) is 5. The van der Waals surface area contributed by atoms with Crippen molar-refractivity contribution >= 4 is 23.5 Å². The van der Waals surface area contributed by atoms with Crippen molar-refractivity contribution in [2.45, 2.75) is 57.4 Å². The molecule has 6 nitrogen and oxygen atoms in total. The van der Waals surface area contributed by atoms with Gasteiger partial charge in [0.05, 0.1) is 12.1 Å². The largest absolute Gasteiger partial charge is 0.385 e. The number of aromatic nitrogens is 1. The second kappa shape index (κ2) is 10.2. The summed E-state index contributed by atoms with van der Waals surface area (Å²) in [6.07, 6.45) is 6.49. The van der Waals surface area contributed by atoms with Gasteiger partial charge in [0.2, 0.25) is 5.91 Å². The number of rotatable bonds is 9. The number of carbonyl (C=O) groups excluding carboxylic acids is 1. The predicted octanol–water partition coefficient (Wildman–Crippen LogP) is 3.17. The molecule has 1 amide bonds. The highest BCUT2D eigenvalue weighted by atomic mass is 32.2. The lowest BCUT2D eigenvalue weighted by molar-refractivity contribution is -0.117. The van der Waals surface area contributed by atoms with Crippen LogP contribution in [0.15, 0.2) is 0 Å². The Balaban J connectivity index is 2.07. The van der Waals surface area contributed by atoms with Crippen LogP contribution >= 0.6 is 11.8 Å². The third kappa shape index (κ3) is 5.28. The van der Waals surface area contributed by atoms with E-state index in [0.717, 1.165) is 30.5 Å². The highest BCUT2D eigenvalue weighted by Crippen LogP contribution is 2.31. The van der Waals surface area contributed by atoms with E-state index in [1.807, 2.05) is 37.2 Å². The number of amides is 1. The highest BCUT2D eigenvalue weighted by Gasteiger charge is 2.28. The van der Waals surface area contributed by atoms with Crippen molar-refractivity contribution in [1.29, 1.82) is 5.26 Å². The number of methoxy groups -OCH3 is 1. The zero-order valence-electron chi connectivity index (χ0n) is 17.2. The first-order chi connectivity index (χ1) is 12.9. The molecule has 0 bridgehead atoms. The number of nitrogens with zero attached hydrogens (tertiary/aromatic N) is 3. The van der Waals surface area contributed by atoms with Crippen molar-refractivity contribution in [1.82, 2.24) is 9.47 Å². The Kier molecular flexibility index (Phi) is 8.21. The average Bonchev–Trinajstić information content (AvgIpc) is 3.21. The minimum absolute atomic E-state index is 0.0629. The van der Waals surface area contributed by atoms with E-state index in [4.69, 9.17) is 4.74 Å². The molecule has 1 aliphatic rings. The lowest BCUT2D eigenvalue weighted by Gasteiger charge is -2.24. The fourth-order valence-corrected chi connectivity index (χ4v) is 4.62. The summed E-state index contributed by atoms with van der Waals surface area (Å²) in [6, 6.07) is 2.72. The molecular formula is C20H32N4O2S. The summed E-state index contributed by atoms with van der Waals surface area (Å²) >= 11 is 1.92. The van der Waals surface area contributed by atoms with Crippen molar-refractivity contribution in [3.63, 3.8) is 0 Å². The molecule has 0 spiro atoms. The van der Waals surface area contributed by atoms with Crippen LogP contribution in [0.5, 0.6) is 0 Å². The first-order valence-electron chi connectivity index (χ1n) is 9.54. The minimum Gasteiger partial charge on any atom is -0.385 e. The van der Waals surface area contributed by atoms with E-state index in [0.29, 0.717) is 42.4 Å². The predicted molar refractivity (Wildman–Crippen MR) is 111 cm³/mol. The zero-order valence-corrected chi connectivity index (χ0v) is 18.0. The molecule has 2 atom stereocenters. The third-order valence-electron chi connectivity index (χ3n) is 5.64. The van der Waals surface area contributed by atoms with Gasteiger partial charge < -0.3 is 14.6 Å². The standard InChI is InChI=1S/C20H32N4O2S/c1-14-15(2)24(9-6-10-26-4)20(18(14)12-21)22-19(25)13-23(3)16-7-8-17(11-16)27-5/h16-17H,6-11,13H2,1-5H3,(H,22,25)/t16-,17+/m0/s1. The molecule has 0 saturated heterocycles. The molecule has 0 aromatic carbocycles. The summed E-state index contributed by atoms with van der Waals surface area (Å²) in [4.78, 5) is 14.8. The molecule has 0 radical (unpaired) electrons. The van der Waals surface area contributed by atoms with Gasteiger partial charge in [-0.3, -0.25) is 9.69 Å². The summed E-state index contributed by atoms with van der Waals surface area (Å²) in [5.74, 6) is 0.558. The van der Waals surface area contributed by atoms with Crippen molar-refractivity contribution in [2.75, 3.05) is 38.9 Å². The number of nitrogens with one attached hydrogen (secondary N) is 1. The molecule has 0 aliphatic heterocycles. The normalized spacial score (nSPS) is 19.4. The van der Waals surface area contributed by atoms with E-state index < -0.39 is 0 Å². The van der Waals surface area contributed by atoms with Crippen molar-refractivity contribution < 1.29 is 9.53 Å². The first-order valence-corrected chi connectivity index (χ1v) is 10.8. The van der Waals surface area contributed by atoms with Crippen LogP contribution in [-0.2, 0) is 16.1 Å². The number of anilines is 1. The second-order valence-electron chi connectivity index (χ2n) is 7.33. The molecule has 150 valence electrons. The molecule has 2 rings (SSSR count). The van der Waals surface area contributed by atoms with Crippen LogP contribution in [0.25, 0.3) is 0 Å². The molecule has 1 aliphatic carbocycles. The summed E-state index contributed by atoms with van der Waals surface area (Å²) in [5, 5.41) is 13.3. The quantitative estimate of drug-likeness (QED) is 0.654. The summed E-state index contributed by atoms with van der Waals surface area (Å²) in [7, 11) is 3.70. The van der Waals surface area contributed by atoms with Crippen LogP contribution < -0.4 is 5.32 Å². The first kappa shape index (κ1) is 21.8. The van der Waals surface area contributed by atoms with Crippen LogP contribution in [0.2, 0.25) is 0 Å². The molecule has 1 saturated carbocycles. The molecule has 0 unspecified atom stereocenters. The Morgan fingerprint density at radius 2 is 2.19 bits per heavy atom.